The first-order valence-electron chi connectivity index (χ1n) is 4.97. The Kier molecular flexibility index (Phi) is 6.23. The average molecular weight is 230 g/mol. The number of nitrogens with one attached hydrogen (secondary N) is 1. The highest BCUT2D eigenvalue weighted by Crippen LogP contribution is 2.10. The van der Waals surface area contributed by atoms with Crippen LogP contribution in [-0.2, 0) is 6.42 Å². The van der Waals surface area contributed by atoms with Crippen LogP contribution in [0.15, 0.2) is 11.6 Å². The molecule has 0 fully saturated rings. The van der Waals surface area contributed by atoms with Crippen LogP contribution >= 0.6 is 23.1 Å². The average Bonchev–Trinajstić information content (AvgIpc) is 2.67. The maximum absolute atomic E-state index is 4.32. The number of aromatic nitrogens is 1. The minimum Gasteiger partial charge on any atom is -0.314 e. The van der Waals surface area contributed by atoms with Crippen molar-refractivity contribution in [2.75, 3.05) is 18.6 Å². The van der Waals surface area contributed by atoms with Gasteiger partial charge in [-0.3, -0.25) is 0 Å². The van der Waals surface area contributed by atoms with Crippen LogP contribution < -0.4 is 5.32 Å². The van der Waals surface area contributed by atoms with Crippen molar-refractivity contribution in [1.82, 2.24) is 10.3 Å². The topological polar surface area (TPSA) is 24.9 Å². The summed E-state index contributed by atoms with van der Waals surface area (Å²) >= 11 is 3.66. The number of nitrogens with zero attached hydrogens (tertiary/aromatic N) is 1. The molecule has 1 heterocycles. The van der Waals surface area contributed by atoms with Crippen LogP contribution in [0.25, 0.3) is 0 Å². The van der Waals surface area contributed by atoms with Gasteiger partial charge in [0.15, 0.2) is 0 Å². The Morgan fingerprint density at radius 3 is 3.07 bits per heavy atom. The van der Waals surface area contributed by atoms with Crippen LogP contribution in [0.4, 0.5) is 0 Å². The molecule has 0 aromatic carbocycles. The van der Waals surface area contributed by atoms with E-state index in [4.69, 9.17) is 0 Å². The Labute approximate surface area is 94.5 Å². The first kappa shape index (κ1) is 12.0. The number of thioether (sulfide) groups is 1. The zero-order valence-electron chi connectivity index (χ0n) is 8.82. The number of likely N-dealkylation sites (N-methyl/N-ethyl adjacent to an activating group) is 1. The third-order valence-electron chi connectivity index (χ3n) is 2.07. The number of hydrogen-bond donors (Lipinski definition) is 1. The molecular weight excluding hydrogens is 212 g/mol. The molecule has 1 N–H and O–H groups in total. The lowest BCUT2D eigenvalue weighted by Gasteiger charge is -2.15. The van der Waals surface area contributed by atoms with Gasteiger partial charge in [-0.15, -0.1) is 11.3 Å². The molecule has 2 nitrogen and oxygen atoms in total. The lowest BCUT2D eigenvalue weighted by atomic mass is 10.1. The summed E-state index contributed by atoms with van der Waals surface area (Å²) in [7, 11) is 0. The van der Waals surface area contributed by atoms with Gasteiger partial charge in [0.2, 0.25) is 0 Å². The fourth-order valence-electron chi connectivity index (χ4n) is 1.39. The van der Waals surface area contributed by atoms with E-state index in [1.807, 2.05) is 23.3 Å². The highest BCUT2D eigenvalue weighted by Gasteiger charge is 2.08. The van der Waals surface area contributed by atoms with Crippen molar-refractivity contribution >= 4 is 23.1 Å². The maximum Gasteiger partial charge on any atom is 0.0940 e. The Morgan fingerprint density at radius 1 is 1.64 bits per heavy atom. The highest BCUT2D eigenvalue weighted by molar-refractivity contribution is 7.98. The van der Waals surface area contributed by atoms with Crippen LogP contribution in [0, 0.1) is 0 Å². The van der Waals surface area contributed by atoms with E-state index < -0.39 is 0 Å². The van der Waals surface area contributed by atoms with E-state index in [1.165, 1.54) is 17.2 Å². The van der Waals surface area contributed by atoms with E-state index in [2.05, 4.69) is 23.5 Å². The first-order chi connectivity index (χ1) is 6.86. The van der Waals surface area contributed by atoms with Crippen LogP contribution in [0.1, 0.15) is 18.4 Å². The minimum atomic E-state index is 0.596. The van der Waals surface area contributed by atoms with Gasteiger partial charge in [0.1, 0.15) is 0 Å². The Balaban J connectivity index is 2.34. The lowest BCUT2D eigenvalue weighted by Crippen LogP contribution is -2.31. The second-order valence-electron chi connectivity index (χ2n) is 3.17. The molecule has 4 heteroatoms. The predicted octanol–water partition coefficient (Wildman–Crippen LogP) is 2.42. The molecule has 0 aliphatic carbocycles. The molecule has 1 aromatic heterocycles. The van der Waals surface area contributed by atoms with Crippen LogP contribution in [0.2, 0.25) is 0 Å². The number of thiazole rings is 1. The fourth-order valence-corrected chi connectivity index (χ4v) is 2.61. The van der Waals surface area contributed by atoms with Gasteiger partial charge in [0, 0.05) is 24.0 Å². The molecule has 0 spiro atoms. The zero-order chi connectivity index (χ0) is 10.2. The van der Waals surface area contributed by atoms with Crippen molar-refractivity contribution in [2.24, 2.45) is 0 Å². The SMILES string of the molecule is CCNC(CCSC)Cc1nccs1. The van der Waals surface area contributed by atoms with Gasteiger partial charge in [0.05, 0.1) is 5.01 Å². The van der Waals surface area contributed by atoms with E-state index in [-0.39, 0.29) is 0 Å². The van der Waals surface area contributed by atoms with Crippen molar-refractivity contribution in [1.29, 1.82) is 0 Å². The van der Waals surface area contributed by atoms with Crippen molar-refractivity contribution < 1.29 is 0 Å². The first-order valence-corrected chi connectivity index (χ1v) is 7.24. The molecule has 1 rings (SSSR count). The summed E-state index contributed by atoms with van der Waals surface area (Å²) in [5.41, 5.74) is 0. The molecule has 0 amide bonds. The highest BCUT2D eigenvalue weighted by atomic mass is 32.2. The Morgan fingerprint density at radius 2 is 2.50 bits per heavy atom. The van der Waals surface area contributed by atoms with Crippen molar-refractivity contribution in [3.63, 3.8) is 0 Å². The maximum atomic E-state index is 4.32. The van der Waals surface area contributed by atoms with Crippen LogP contribution in [0.3, 0.4) is 0 Å². The summed E-state index contributed by atoms with van der Waals surface area (Å²) < 4.78 is 0. The molecule has 80 valence electrons. The molecule has 14 heavy (non-hydrogen) atoms. The van der Waals surface area contributed by atoms with Crippen LogP contribution in [0.5, 0.6) is 0 Å². The van der Waals surface area contributed by atoms with E-state index in [1.54, 1.807) is 11.3 Å². The molecule has 0 radical (unpaired) electrons. The number of hydrogen-bond acceptors (Lipinski definition) is 4. The molecule has 0 bridgehead atoms. The van der Waals surface area contributed by atoms with Gasteiger partial charge < -0.3 is 5.32 Å². The van der Waals surface area contributed by atoms with Crippen molar-refractivity contribution in [2.45, 2.75) is 25.8 Å². The number of rotatable bonds is 7. The van der Waals surface area contributed by atoms with E-state index in [0.29, 0.717) is 6.04 Å². The van der Waals surface area contributed by atoms with Gasteiger partial charge in [-0.25, -0.2) is 4.98 Å². The zero-order valence-corrected chi connectivity index (χ0v) is 10.5. The normalized spacial score (nSPS) is 13.0. The van der Waals surface area contributed by atoms with E-state index in [0.717, 1.165) is 13.0 Å². The van der Waals surface area contributed by atoms with Crippen molar-refractivity contribution in [3.05, 3.63) is 16.6 Å². The van der Waals surface area contributed by atoms with Gasteiger partial charge in [-0.2, -0.15) is 11.8 Å². The molecule has 0 saturated heterocycles. The summed E-state index contributed by atoms with van der Waals surface area (Å²) in [6.07, 6.45) is 6.35. The van der Waals surface area contributed by atoms with E-state index >= 15 is 0 Å². The molecule has 1 aromatic rings. The second-order valence-corrected chi connectivity index (χ2v) is 5.13. The predicted molar refractivity (Wildman–Crippen MR) is 66.3 cm³/mol. The quantitative estimate of drug-likeness (QED) is 0.778. The molecular formula is C10H18N2S2. The molecule has 0 saturated carbocycles. The standard InChI is InChI=1S/C10H18N2S2/c1-3-11-9(4-6-13-2)8-10-12-5-7-14-10/h5,7,9,11H,3-4,6,8H2,1-2H3. The summed E-state index contributed by atoms with van der Waals surface area (Å²) in [5, 5.41) is 6.80. The Bertz CT molecular complexity index is 224. The summed E-state index contributed by atoms with van der Waals surface area (Å²) in [6, 6.07) is 0.596. The van der Waals surface area contributed by atoms with E-state index in [9.17, 15) is 0 Å². The molecule has 0 aliphatic heterocycles. The smallest absolute Gasteiger partial charge is 0.0940 e. The minimum absolute atomic E-state index is 0.596. The monoisotopic (exact) mass is 230 g/mol. The summed E-state index contributed by atoms with van der Waals surface area (Å²) in [6.45, 7) is 3.21. The van der Waals surface area contributed by atoms with Gasteiger partial charge in [-0.05, 0) is 25.0 Å². The second kappa shape index (κ2) is 7.26. The largest absolute Gasteiger partial charge is 0.314 e. The third-order valence-corrected chi connectivity index (χ3v) is 3.51. The van der Waals surface area contributed by atoms with Crippen LogP contribution in [-0.4, -0.2) is 29.6 Å². The van der Waals surface area contributed by atoms with Gasteiger partial charge in [0.25, 0.3) is 0 Å². The van der Waals surface area contributed by atoms with Gasteiger partial charge >= 0.3 is 0 Å². The van der Waals surface area contributed by atoms with Crippen molar-refractivity contribution in [3.8, 4) is 0 Å². The Hall–Kier alpha value is -0.0600. The molecule has 1 unspecified atom stereocenters. The van der Waals surface area contributed by atoms with Gasteiger partial charge in [-0.1, -0.05) is 6.92 Å². The lowest BCUT2D eigenvalue weighted by molar-refractivity contribution is 0.512. The molecule has 0 aliphatic rings. The summed E-state index contributed by atoms with van der Waals surface area (Å²) in [4.78, 5) is 4.32. The fraction of sp³-hybridized carbons (Fsp3) is 0.700. The third kappa shape index (κ3) is 4.44. The summed E-state index contributed by atoms with van der Waals surface area (Å²) in [5.74, 6) is 1.23. The molecule has 1 atom stereocenters.